The van der Waals surface area contributed by atoms with Gasteiger partial charge in [-0.1, -0.05) is 86.6 Å². The highest BCUT2D eigenvalue weighted by Crippen LogP contribution is 2.38. The van der Waals surface area contributed by atoms with Crippen molar-refractivity contribution in [2.45, 2.75) is 78.6 Å². The van der Waals surface area contributed by atoms with Crippen LogP contribution in [-0.4, -0.2) is 25.8 Å². The number of nitrogens with zero attached hydrogens (tertiary/aromatic N) is 4. The Kier molecular flexibility index (Phi) is 4.16. The Balaban J connectivity index is 1.75. The molecule has 4 heterocycles. The minimum absolute atomic E-state index is 0.00184. The summed E-state index contributed by atoms with van der Waals surface area (Å²) < 4.78 is 4.96. The van der Waals surface area contributed by atoms with Crippen LogP contribution >= 0.6 is 0 Å². The lowest BCUT2D eigenvalue weighted by atomic mass is 9.34. The van der Waals surface area contributed by atoms with Crippen LogP contribution in [-0.2, 0) is 16.2 Å². The molecule has 0 spiro atoms. The summed E-state index contributed by atoms with van der Waals surface area (Å²) in [6.45, 7) is 20.7. The highest BCUT2D eigenvalue weighted by molar-refractivity contribution is 7.00. The van der Waals surface area contributed by atoms with Gasteiger partial charge in [-0.15, -0.1) is 0 Å². The first-order chi connectivity index (χ1) is 17.3. The Hall–Kier alpha value is -3.34. The number of para-hydroxylation sites is 2. The van der Waals surface area contributed by atoms with E-state index in [2.05, 4.69) is 120 Å². The van der Waals surface area contributed by atoms with Crippen LogP contribution in [0.25, 0.3) is 33.4 Å². The molecule has 2 aliphatic rings. The largest absolute Gasteiger partial charge is 0.297 e. The second kappa shape index (κ2) is 6.75. The fourth-order valence-corrected chi connectivity index (χ4v) is 6.45. The topological polar surface area (TPSA) is 35.6 Å². The van der Waals surface area contributed by atoms with Gasteiger partial charge in [-0.3, -0.25) is 9.13 Å². The lowest BCUT2D eigenvalue weighted by Gasteiger charge is -2.36. The van der Waals surface area contributed by atoms with Crippen molar-refractivity contribution in [3.8, 4) is 11.4 Å². The average molecular weight is 486 g/mol. The first-order valence-electron chi connectivity index (χ1n) is 13.5. The van der Waals surface area contributed by atoms with E-state index in [9.17, 15) is 0 Å². The molecule has 0 amide bonds. The van der Waals surface area contributed by atoms with Gasteiger partial charge in [0.05, 0.1) is 22.1 Å². The van der Waals surface area contributed by atoms with Gasteiger partial charge in [-0.2, -0.15) is 0 Å². The van der Waals surface area contributed by atoms with Crippen molar-refractivity contribution in [3.05, 3.63) is 65.7 Å². The zero-order chi connectivity index (χ0) is 26.2. The number of rotatable bonds is 0. The molecule has 0 radical (unpaired) electrons. The van der Waals surface area contributed by atoms with Crippen molar-refractivity contribution < 1.29 is 0 Å². The molecule has 0 aliphatic carbocycles. The van der Waals surface area contributed by atoms with Crippen LogP contribution in [0.2, 0.25) is 0 Å². The van der Waals surface area contributed by atoms with Crippen LogP contribution in [0.15, 0.2) is 48.5 Å². The Bertz CT molecular complexity index is 1660. The van der Waals surface area contributed by atoms with E-state index in [1.807, 2.05) is 0 Å². The summed E-state index contributed by atoms with van der Waals surface area (Å²) in [7, 11) is 0. The molecule has 4 nitrogen and oxygen atoms in total. The first-order valence-corrected chi connectivity index (χ1v) is 13.5. The first kappa shape index (κ1) is 22.8. The predicted molar refractivity (Wildman–Crippen MR) is 156 cm³/mol. The molecule has 2 aromatic heterocycles. The molecular weight excluding hydrogens is 451 g/mol. The molecule has 0 fully saturated rings. The minimum atomic E-state index is -0.0981. The molecule has 3 aromatic carbocycles. The van der Waals surface area contributed by atoms with Crippen LogP contribution in [0.3, 0.4) is 0 Å². The number of hydrogen-bond donors (Lipinski definition) is 0. The molecule has 0 bridgehead atoms. The SMILES string of the molecule is CC(C)(C)c1cc2c3c(c1)-n1c(C(C)(C)C)nc4cccc(c41)B3c1cccc3nc(C(C)(C)C)n-2c13. The molecule has 2 aliphatic heterocycles. The average Bonchev–Trinajstić information content (AvgIpc) is 3.39. The second-order valence-corrected chi connectivity index (χ2v) is 14.1. The number of imidazole rings is 2. The molecule has 0 N–H and O–H groups in total. The lowest BCUT2D eigenvalue weighted by molar-refractivity contribution is 0.536. The molecule has 5 heteroatoms. The summed E-state index contributed by atoms with van der Waals surface area (Å²) in [6.07, 6.45) is 0. The second-order valence-electron chi connectivity index (χ2n) is 14.1. The van der Waals surface area contributed by atoms with Crippen LogP contribution in [0, 0.1) is 0 Å². The molecule has 0 atom stereocenters. The molecule has 0 saturated heterocycles. The van der Waals surface area contributed by atoms with Gasteiger partial charge in [0.15, 0.2) is 0 Å². The van der Waals surface area contributed by atoms with E-state index in [0.29, 0.717) is 0 Å². The summed E-state index contributed by atoms with van der Waals surface area (Å²) in [5, 5.41) is 0. The van der Waals surface area contributed by atoms with E-state index in [-0.39, 0.29) is 23.0 Å². The predicted octanol–water partition coefficient (Wildman–Crippen LogP) is 5.40. The van der Waals surface area contributed by atoms with Crippen molar-refractivity contribution in [1.29, 1.82) is 0 Å². The van der Waals surface area contributed by atoms with E-state index in [4.69, 9.17) is 9.97 Å². The molecule has 186 valence electrons. The summed E-state index contributed by atoms with van der Waals surface area (Å²) in [5.41, 5.74) is 12.4. The van der Waals surface area contributed by atoms with Crippen LogP contribution in [0.1, 0.15) is 79.5 Å². The third-order valence-corrected chi connectivity index (χ3v) is 8.15. The number of benzene rings is 3. The monoisotopic (exact) mass is 486 g/mol. The molecular formula is C32H35BN4. The van der Waals surface area contributed by atoms with Crippen molar-refractivity contribution >= 4 is 45.2 Å². The van der Waals surface area contributed by atoms with Crippen LogP contribution < -0.4 is 16.4 Å². The minimum Gasteiger partial charge on any atom is -0.297 e. The van der Waals surface area contributed by atoms with Gasteiger partial charge in [0.2, 0.25) is 0 Å². The molecule has 5 aromatic rings. The standard InChI is InChI=1S/C32H35BN4/c1-30(2,3)18-16-23-25-24(17-18)37-27-20(13-11-15-22(27)35-29(37)32(7,8)9)33(25)19-12-10-14-21-26(19)36(23)28(34-21)31(4,5)6/h10-17H,1-9H3. The van der Waals surface area contributed by atoms with Gasteiger partial charge < -0.3 is 0 Å². The summed E-state index contributed by atoms with van der Waals surface area (Å²) in [4.78, 5) is 10.5. The molecule has 0 saturated carbocycles. The van der Waals surface area contributed by atoms with Crippen LogP contribution in [0.4, 0.5) is 0 Å². The number of hydrogen-bond acceptors (Lipinski definition) is 2. The van der Waals surface area contributed by atoms with Crippen molar-refractivity contribution in [3.63, 3.8) is 0 Å². The Morgan fingerprint density at radius 3 is 1.41 bits per heavy atom. The number of aromatic nitrogens is 4. The normalized spacial score (nSPS) is 14.6. The zero-order valence-corrected chi connectivity index (χ0v) is 23.5. The van der Waals surface area contributed by atoms with E-state index in [1.54, 1.807) is 0 Å². The highest BCUT2D eigenvalue weighted by Gasteiger charge is 2.43. The van der Waals surface area contributed by atoms with E-state index in [0.717, 1.165) is 22.7 Å². The summed E-state index contributed by atoms with van der Waals surface area (Å²) in [6, 6.07) is 18.2. The fraction of sp³-hybridized carbons (Fsp3) is 0.375. The van der Waals surface area contributed by atoms with Gasteiger partial charge in [0.1, 0.15) is 11.6 Å². The van der Waals surface area contributed by atoms with Gasteiger partial charge >= 0.3 is 0 Å². The quantitative estimate of drug-likeness (QED) is 0.269. The Morgan fingerprint density at radius 2 is 1.03 bits per heavy atom. The third kappa shape index (κ3) is 2.91. The van der Waals surface area contributed by atoms with Crippen molar-refractivity contribution in [2.24, 2.45) is 0 Å². The molecule has 0 unspecified atom stereocenters. The van der Waals surface area contributed by atoms with E-state index >= 15 is 0 Å². The highest BCUT2D eigenvalue weighted by atomic mass is 15.1. The lowest BCUT2D eigenvalue weighted by Crippen LogP contribution is -2.60. The van der Waals surface area contributed by atoms with Gasteiger partial charge in [-0.25, -0.2) is 9.97 Å². The van der Waals surface area contributed by atoms with E-state index < -0.39 is 0 Å². The molecule has 7 rings (SSSR count). The zero-order valence-electron chi connectivity index (χ0n) is 23.5. The number of fused-ring (bicyclic) bond motifs is 4. The van der Waals surface area contributed by atoms with Crippen molar-refractivity contribution in [2.75, 3.05) is 0 Å². The van der Waals surface area contributed by atoms with E-state index in [1.165, 1.54) is 44.4 Å². The summed E-state index contributed by atoms with van der Waals surface area (Å²) >= 11 is 0. The van der Waals surface area contributed by atoms with Gasteiger partial charge in [0.25, 0.3) is 6.71 Å². The van der Waals surface area contributed by atoms with Gasteiger partial charge in [-0.05, 0) is 51.6 Å². The third-order valence-electron chi connectivity index (χ3n) is 8.15. The van der Waals surface area contributed by atoms with Crippen LogP contribution in [0.5, 0.6) is 0 Å². The smallest absolute Gasteiger partial charge is 0.252 e. The Morgan fingerprint density at radius 1 is 0.595 bits per heavy atom. The fourth-order valence-electron chi connectivity index (χ4n) is 6.45. The van der Waals surface area contributed by atoms with Gasteiger partial charge in [0, 0.05) is 22.2 Å². The maximum absolute atomic E-state index is 5.25. The van der Waals surface area contributed by atoms with Crippen molar-refractivity contribution in [1.82, 2.24) is 19.1 Å². The Labute approximate surface area is 219 Å². The summed E-state index contributed by atoms with van der Waals surface area (Å²) in [5.74, 6) is 2.24. The molecule has 37 heavy (non-hydrogen) atoms. The maximum atomic E-state index is 5.25. The maximum Gasteiger partial charge on any atom is 0.252 e.